The fourth-order valence-corrected chi connectivity index (χ4v) is 9.27. The number of carbonyl (C=O) groups is 1. The van der Waals surface area contributed by atoms with E-state index in [0.717, 1.165) is 12.6 Å². The van der Waals surface area contributed by atoms with Crippen molar-refractivity contribution >= 4 is 17.9 Å². The van der Waals surface area contributed by atoms with E-state index in [0.29, 0.717) is 31.6 Å². The number of hydrazone groups is 1. The first-order chi connectivity index (χ1) is 26.5. The summed E-state index contributed by atoms with van der Waals surface area (Å²) < 4.78 is 38.2. The maximum absolute atomic E-state index is 14.3. The minimum Gasteiger partial charge on any atom is -0.459 e. The zero-order chi connectivity index (χ0) is 43.2. The summed E-state index contributed by atoms with van der Waals surface area (Å²) in [6.45, 7) is 19.0. The highest BCUT2D eigenvalue weighted by Crippen LogP contribution is 2.40. The quantitative estimate of drug-likeness (QED) is 0.0765. The van der Waals surface area contributed by atoms with Crippen LogP contribution in [0.4, 0.5) is 0 Å². The standard InChI is InChI=1S/C41H77N5O11/c1-14-31-41(10,51)35(47)27(6)46(12)22-23(2)19-39(8,50)37(57-32-18-30(17-24(3)53-32)45(11)16-15-29(21-42)44-43)25(4)34(26(5)38(49)55-31)56-33-20-40(9,52-13)36(48)28(7)54-33/h21,23-28,30-37,42,47-48,50-51H,14-20,22,43H2,1-13H3/t23-,24-,25+,26-,27-,28+,30+,31-,32+,33+,34?,35-,36+,37-,39-,40-,41-/m1/s1. The molecular weight excluding hydrogens is 738 g/mol. The van der Waals surface area contributed by atoms with Crippen molar-refractivity contribution in [1.82, 2.24) is 9.80 Å². The molecule has 0 amide bonds. The van der Waals surface area contributed by atoms with Gasteiger partial charge in [0.2, 0.25) is 0 Å². The molecule has 3 aliphatic heterocycles. The Kier molecular flexibility index (Phi) is 17.9. The average molecular weight is 816 g/mol. The van der Waals surface area contributed by atoms with Crippen molar-refractivity contribution in [3.8, 4) is 0 Å². The Morgan fingerprint density at radius 3 is 2.26 bits per heavy atom. The van der Waals surface area contributed by atoms with Crippen molar-refractivity contribution in [2.45, 2.75) is 192 Å². The topological polar surface area (TPSA) is 222 Å². The third-order valence-corrected chi connectivity index (χ3v) is 13.1. The molecule has 0 radical (unpaired) electrons. The van der Waals surface area contributed by atoms with Gasteiger partial charge in [-0.05, 0) is 87.7 Å². The molecule has 332 valence electrons. The summed E-state index contributed by atoms with van der Waals surface area (Å²) in [6, 6.07) is -0.487. The Balaban J connectivity index is 2.12. The lowest BCUT2D eigenvalue weighted by atomic mass is 9.77. The van der Waals surface area contributed by atoms with Gasteiger partial charge in [0.15, 0.2) is 12.6 Å². The molecule has 0 spiro atoms. The number of rotatable bonds is 11. The Morgan fingerprint density at radius 2 is 1.68 bits per heavy atom. The number of methoxy groups -OCH3 is 1. The van der Waals surface area contributed by atoms with Crippen LogP contribution in [0.1, 0.15) is 108 Å². The zero-order valence-corrected chi connectivity index (χ0v) is 36.9. The van der Waals surface area contributed by atoms with Crippen LogP contribution in [0.2, 0.25) is 0 Å². The number of hydrogen-bond acceptors (Lipinski definition) is 16. The monoisotopic (exact) mass is 816 g/mol. The van der Waals surface area contributed by atoms with E-state index in [1.54, 1.807) is 34.6 Å². The Hall–Kier alpha value is -1.83. The van der Waals surface area contributed by atoms with Gasteiger partial charge in [0, 0.05) is 63.7 Å². The van der Waals surface area contributed by atoms with E-state index < -0.39 is 89.9 Å². The number of aliphatic hydroxyl groups excluding tert-OH is 2. The molecule has 16 heteroatoms. The molecule has 0 aromatic carbocycles. The predicted molar refractivity (Wildman–Crippen MR) is 217 cm³/mol. The summed E-state index contributed by atoms with van der Waals surface area (Å²) in [5, 5.41) is 58.2. The summed E-state index contributed by atoms with van der Waals surface area (Å²) in [5.41, 5.74) is -3.82. The van der Waals surface area contributed by atoms with E-state index in [2.05, 4.69) is 10.0 Å². The van der Waals surface area contributed by atoms with E-state index in [-0.39, 0.29) is 37.3 Å². The molecule has 16 nitrogen and oxygen atoms in total. The van der Waals surface area contributed by atoms with Crippen LogP contribution in [0, 0.1) is 23.2 Å². The van der Waals surface area contributed by atoms with Crippen LogP contribution in [-0.2, 0) is 33.2 Å². The van der Waals surface area contributed by atoms with Crippen molar-refractivity contribution in [3.05, 3.63) is 0 Å². The summed E-state index contributed by atoms with van der Waals surface area (Å²) in [4.78, 5) is 18.4. The average Bonchev–Trinajstić information content (AvgIpc) is 3.15. The normalized spacial score (nSPS) is 45.2. The van der Waals surface area contributed by atoms with Gasteiger partial charge in [-0.1, -0.05) is 20.8 Å². The molecule has 0 saturated carbocycles. The molecule has 0 aromatic rings. The largest absolute Gasteiger partial charge is 0.459 e. The van der Waals surface area contributed by atoms with Crippen LogP contribution in [0.5, 0.6) is 0 Å². The van der Waals surface area contributed by atoms with Gasteiger partial charge in [-0.3, -0.25) is 4.79 Å². The number of nitrogens with one attached hydrogen (secondary N) is 1. The van der Waals surface area contributed by atoms with Gasteiger partial charge in [-0.25, -0.2) is 0 Å². The lowest BCUT2D eigenvalue weighted by Crippen LogP contribution is -2.59. The Morgan fingerprint density at radius 1 is 1.04 bits per heavy atom. The molecular formula is C41H77N5O11. The maximum atomic E-state index is 14.3. The van der Waals surface area contributed by atoms with Crippen LogP contribution in [0.15, 0.2) is 5.10 Å². The number of carbonyl (C=O) groups excluding carboxylic acids is 1. The van der Waals surface area contributed by atoms with Gasteiger partial charge in [-0.2, -0.15) is 5.10 Å². The zero-order valence-electron chi connectivity index (χ0n) is 36.9. The summed E-state index contributed by atoms with van der Waals surface area (Å²) in [6.07, 6.45) is -4.16. The number of ether oxygens (including phenoxy) is 6. The van der Waals surface area contributed by atoms with Crippen molar-refractivity contribution < 1.29 is 53.6 Å². The second-order valence-electron chi connectivity index (χ2n) is 18.1. The molecule has 1 unspecified atom stereocenters. The van der Waals surface area contributed by atoms with E-state index in [4.69, 9.17) is 39.7 Å². The first-order valence-electron chi connectivity index (χ1n) is 20.8. The second-order valence-corrected chi connectivity index (χ2v) is 18.1. The second kappa shape index (κ2) is 20.6. The van der Waals surface area contributed by atoms with Gasteiger partial charge in [0.05, 0.1) is 47.2 Å². The van der Waals surface area contributed by atoms with E-state index >= 15 is 0 Å². The number of hydrogen-bond donors (Lipinski definition) is 6. The fraction of sp³-hybridized carbons (Fsp3) is 0.927. The van der Waals surface area contributed by atoms with E-state index in [1.165, 1.54) is 14.0 Å². The first-order valence-corrected chi connectivity index (χ1v) is 20.8. The minimum atomic E-state index is -1.80. The molecule has 3 fully saturated rings. The van der Waals surface area contributed by atoms with E-state index in [1.807, 2.05) is 46.7 Å². The van der Waals surface area contributed by atoms with Crippen LogP contribution in [-0.4, -0.2) is 167 Å². The fourth-order valence-electron chi connectivity index (χ4n) is 9.27. The Bertz CT molecular complexity index is 1320. The molecule has 3 aliphatic rings. The minimum absolute atomic E-state index is 0.0431. The van der Waals surface area contributed by atoms with Crippen molar-refractivity contribution in [2.24, 2.45) is 28.7 Å². The van der Waals surface area contributed by atoms with Crippen LogP contribution >= 0.6 is 0 Å². The summed E-state index contributed by atoms with van der Waals surface area (Å²) in [7, 11) is 5.38. The highest BCUT2D eigenvalue weighted by molar-refractivity contribution is 6.29. The van der Waals surface area contributed by atoms with Crippen molar-refractivity contribution in [3.63, 3.8) is 0 Å². The molecule has 57 heavy (non-hydrogen) atoms. The molecule has 3 saturated heterocycles. The lowest BCUT2D eigenvalue weighted by Gasteiger charge is -2.48. The third-order valence-electron chi connectivity index (χ3n) is 13.1. The summed E-state index contributed by atoms with van der Waals surface area (Å²) >= 11 is 0. The Labute approximate surface area is 341 Å². The maximum Gasteiger partial charge on any atom is 0.311 e. The van der Waals surface area contributed by atoms with Gasteiger partial charge in [0.25, 0.3) is 0 Å². The summed E-state index contributed by atoms with van der Waals surface area (Å²) in [5.74, 6) is 3.01. The number of cyclic esters (lactones) is 1. The third kappa shape index (κ3) is 12.1. The smallest absolute Gasteiger partial charge is 0.311 e. The number of nitrogens with two attached hydrogens (primary N) is 1. The highest BCUT2D eigenvalue weighted by Gasteiger charge is 2.52. The van der Waals surface area contributed by atoms with Crippen LogP contribution in [0.3, 0.4) is 0 Å². The highest BCUT2D eigenvalue weighted by atomic mass is 16.7. The van der Waals surface area contributed by atoms with Gasteiger partial charge in [-0.15, -0.1) is 0 Å². The molecule has 3 heterocycles. The lowest BCUT2D eigenvalue weighted by molar-refractivity contribution is -0.308. The predicted octanol–water partition coefficient (Wildman–Crippen LogP) is 2.65. The number of aliphatic hydroxyl groups is 4. The molecule has 0 aromatic heterocycles. The number of likely N-dealkylation sites (N-methyl/N-ethyl adjacent to an activating group) is 1. The van der Waals surface area contributed by atoms with Gasteiger partial charge < -0.3 is 69.9 Å². The molecule has 7 N–H and O–H groups in total. The van der Waals surface area contributed by atoms with Gasteiger partial charge >= 0.3 is 5.97 Å². The first kappa shape index (κ1) is 49.5. The molecule has 0 aliphatic carbocycles. The van der Waals surface area contributed by atoms with Crippen LogP contribution < -0.4 is 5.84 Å². The molecule has 17 atom stereocenters. The molecule has 0 bridgehead atoms. The van der Waals surface area contributed by atoms with Crippen LogP contribution in [0.25, 0.3) is 0 Å². The number of nitrogens with zero attached hydrogens (tertiary/aromatic N) is 3. The number of esters is 1. The van der Waals surface area contributed by atoms with E-state index in [9.17, 15) is 25.2 Å². The van der Waals surface area contributed by atoms with Crippen molar-refractivity contribution in [1.29, 1.82) is 5.41 Å². The molecule has 3 rings (SSSR count). The van der Waals surface area contributed by atoms with Gasteiger partial charge in [0.1, 0.15) is 23.9 Å². The van der Waals surface area contributed by atoms with Crippen molar-refractivity contribution in [2.75, 3.05) is 34.3 Å². The SMILES string of the molecule is CC[C@H]1OC(=O)[C@H](C)C(O[C@H]2C[C@@](C)(OC)[C@@H](O)[C@H](C)O2)[C@H](C)[C@@H](O[C@H]2C[C@@H](N(C)CCC(C=N)=NN)C[C@@H](C)O2)[C@](C)(O)C[C@@H](C)CN(C)[C@H](C)[C@@H](O)[C@]1(C)O.